The second kappa shape index (κ2) is 7.68. The standard InChI is InChI=1S/C17H25FO/c18-13-3-1-2-4-14-5-7-15(8-6-14)16-9-11-17(19)12-10-16/h14-16H,2,4-13H2. The molecule has 0 unspecified atom stereocenters. The van der Waals surface area contributed by atoms with Crippen molar-refractivity contribution in [2.45, 2.75) is 64.2 Å². The zero-order valence-electron chi connectivity index (χ0n) is 11.8. The van der Waals surface area contributed by atoms with Gasteiger partial charge < -0.3 is 0 Å². The molecule has 0 aromatic rings. The van der Waals surface area contributed by atoms with E-state index < -0.39 is 6.67 Å². The number of halogens is 1. The van der Waals surface area contributed by atoms with E-state index >= 15 is 0 Å². The molecule has 1 nitrogen and oxygen atoms in total. The number of hydrogen-bond acceptors (Lipinski definition) is 1. The first kappa shape index (κ1) is 14.6. The van der Waals surface area contributed by atoms with Crippen LogP contribution in [-0.2, 0) is 4.79 Å². The van der Waals surface area contributed by atoms with Gasteiger partial charge in [0.15, 0.2) is 0 Å². The minimum atomic E-state index is -0.507. The monoisotopic (exact) mass is 264 g/mol. The first-order valence-electron chi connectivity index (χ1n) is 7.83. The third-order valence-electron chi connectivity index (χ3n) is 5.02. The lowest BCUT2D eigenvalue weighted by atomic mass is 9.70. The molecule has 2 saturated carbocycles. The largest absolute Gasteiger partial charge is 0.300 e. The normalized spacial score (nSPS) is 28.8. The van der Waals surface area contributed by atoms with Crippen LogP contribution in [0.4, 0.5) is 4.39 Å². The molecule has 0 aromatic heterocycles. The van der Waals surface area contributed by atoms with Crippen molar-refractivity contribution < 1.29 is 9.18 Å². The number of Topliss-reactive ketones (excluding diaryl/α,β-unsaturated/α-hetero) is 1. The number of rotatable bonds is 3. The molecule has 0 amide bonds. The lowest BCUT2D eigenvalue weighted by Gasteiger charge is -2.35. The Hall–Kier alpha value is -0.840. The van der Waals surface area contributed by atoms with E-state index in [1.807, 2.05) is 0 Å². The van der Waals surface area contributed by atoms with Crippen molar-refractivity contribution in [1.29, 1.82) is 0 Å². The van der Waals surface area contributed by atoms with Gasteiger partial charge in [0, 0.05) is 19.3 Å². The summed E-state index contributed by atoms with van der Waals surface area (Å²) in [7, 11) is 0. The highest BCUT2D eigenvalue weighted by atomic mass is 19.1. The molecule has 2 heteroatoms. The van der Waals surface area contributed by atoms with Crippen LogP contribution in [0.15, 0.2) is 0 Å². The molecule has 2 fully saturated rings. The summed E-state index contributed by atoms with van der Waals surface area (Å²) in [5.41, 5.74) is 0. The molecule has 0 spiro atoms. The molecule has 0 saturated heterocycles. The Morgan fingerprint density at radius 2 is 1.58 bits per heavy atom. The zero-order valence-corrected chi connectivity index (χ0v) is 11.8. The molecule has 0 radical (unpaired) electrons. The van der Waals surface area contributed by atoms with Crippen molar-refractivity contribution in [2.24, 2.45) is 17.8 Å². The molecule has 0 aliphatic heterocycles. The van der Waals surface area contributed by atoms with Crippen LogP contribution in [0.2, 0.25) is 0 Å². The van der Waals surface area contributed by atoms with E-state index in [1.165, 1.54) is 25.7 Å². The Balaban J connectivity index is 1.66. The summed E-state index contributed by atoms with van der Waals surface area (Å²) in [6.45, 7) is -0.507. The van der Waals surface area contributed by atoms with E-state index in [4.69, 9.17) is 0 Å². The van der Waals surface area contributed by atoms with Gasteiger partial charge in [-0.3, -0.25) is 4.79 Å². The van der Waals surface area contributed by atoms with Gasteiger partial charge in [-0.25, -0.2) is 4.39 Å². The van der Waals surface area contributed by atoms with Crippen LogP contribution in [0.3, 0.4) is 0 Å². The van der Waals surface area contributed by atoms with Crippen molar-refractivity contribution in [1.82, 2.24) is 0 Å². The molecule has 0 atom stereocenters. The van der Waals surface area contributed by atoms with Crippen LogP contribution < -0.4 is 0 Å². The lowest BCUT2D eigenvalue weighted by molar-refractivity contribution is -0.121. The van der Waals surface area contributed by atoms with Crippen LogP contribution >= 0.6 is 0 Å². The number of alkyl halides is 1. The minimum Gasteiger partial charge on any atom is -0.300 e. The fourth-order valence-corrected chi connectivity index (χ4v) is 3.79. The fourth-order valence-electron chi connectivity index (χ4n) is 3.79. The second-order valence-electron chi connectivity index (χ2n) is 6.18. The molecule has 2 aliphatic carbocycles. The molecular formula is C17H25FO. The van der Waals surface area contributed by atoms with Gasteiger partial charge in [0.25, 0.3) is 0 Å². The van der Waals surface area contributed by atoms with Gasteiger partial charge in [0.1, 0.15) is 12.5 Å². The summed E-state index contributed by atoms with van der Waals surface area (Å²) in [6.07, 6.45) is 11.2. The van der Waals surface area contributed by atoms with Gasteiger partial charge in [-0.2, -0.15) is 0 Å². The smallest absolute Gasteiger partial charge is 0.150 e. The molecule has 0 N–H and O–H groups in total. The maximum atomic E-state index is 11.8. The summed E-state index contributed by atoms with van der Waals surface area (Å²) in [5, 5.41) is 0. The van der Waals surface area contributed by atoms with E-state index in [0.717, 1.165) is 56.3 Å². The Labute approximate surface area is 116 Å². The van der Waals surface area contributed by atoms with Gasteiger partial charge in [-0.05, 0) is 49.9 Å². The molecule has 0 aromatic carbocycles. The highest BCUT2D eigenvalue weighted by Crippen LogP contribution is 2.40. The molecule has 0 bridgehead atoms. The van der Waals surface area contributed by atoms with Gasteiger partial charge in [0.2, 0.25) is 0 Å². The minimum absolute atomic E-state index is 0.469. The molecule has 2 rings (SSSR count). The Morgan fingerprint density at radius 1 is 0.947 bits per heavy atom. The van der Waals surface area contributed by atoms with Crippen molar-refractivity contribution in [3.63, 3.8) is 0 Å². The lowest BCUT2D eigenvalue weighted by Crippen LogP contribution is -2.25. The predicted molar refractivity (Wildman–Crippen MR) is 75.4 cm³/mol. The Morgan fingerprint density at radius 3 is 2.21 bits per heavy atom. The predicted octanol–water partition coefficient (Wildman–Crippen LogP) is 4.31. The number of ketones is 1. The number of carbonyl (C=O) groups excluding carboxylic acids is 1. The molecule has 2 aliphatic rings. The average Bonchev–Trinajstić information content (AvgIpc) is 2.45. The van der Waals surface area contributed by atoms with E-state index in [9.17, 15) is 9.18 Å². The molecule has 19 heavy (non-hydrogen) atoms. The van der Waals surface area contributed by atoms with Crippen LogP contribution in [0.25, 0.3) is 0 Å². The van der Waals surface area contributed by atoms with Gasteiger partial charge in [0.05, 0.1) is 0 Å². The van der Waals surface area contributed by atoms with E-state index in [0.29, 0.717) is 5.78 Å². The quantitative estimate of drug-likeness (QED) is 0.694. The summed E-state index contributed by atoms with van der Waals surface area (Å²) < 4.78 is 11.8. The van der Waals surface area contributed by atoms with Crippen molar-refractivity contribution in [2.75, 3.05) is 6.67 Å². The van der Waals surface area contributed by atoms with Crippen LogP contribution in [0, 0.1) is 29.6 Å². The second-order valence-corrected chi connectivity index (χ2v) is 6.18. The third-order valence-corrected chi connectivity index (χ3v) is 5.02. The summed E-state index contributed by atoms with van der Waals surface area (Å²) in [4.78, 5) is 11.3. The summed E-state index contributed by atoms with van der Waals surface area (Å²) in [5.74, 6) is 8.35. The number of carbonyl (C=O) groups is 1. The maximum absolute atomic E-state index is 11.8. The Kier molecular flexibility index (Phi) is 5.89. The first-order valence-corrected chi connectivity index (χ1v) is 7.83. The summed E-state index contributed by atoms with van der Waals surface area (Å²) in [6, 6.07) is 0. The topological polar surface area (TPSA) is 17.1 Å². The highest BCUT2D eigenvalue weighted by molar-refractivity contribution is 5.79. The number of hydrogen-bond donors (Lipinski definition) is 0. The van der Waals surface area contributed by atoms with Crippen LogP contribution in [-0.4, -0.2) is 12.5 Å². The zero-order chi connectivity index (χ0) is 13.5. The maximum Gasteiger partial charge on any atom is 0.150 e. The molecule has 0 heterocycles. The van der Waals surface area contributed by atoms with E-state index in [-0.39, 0.29) is 0 Å². The van der Waals surface area contributed by atoms with Crippen molar-refractivity contribution in [3.05, 3.63) is 0 Å². The van der Waals surface area contributed by atoms with Gasteiger partial charge in [-0.1, -0.05) is 18.8 Å². The Bertz CT molecular complexity index is 334. The highest BCUT2D eigenvalue weighted by Gasteiger charge is 2.29. The van der Waals surface area contributed by atoms with Crippen LogP contribution in [0.1, 0.15) is 64.2 Å². The average molecular weight is 264 g/mol. The first-order chi connectivity index (χ1) is 9.29. The van der Waals surface area contributed by atoms with E-state index in [1.54, 1.807) is 0 Å². The van der Waals surface area contributed by atoms with Crippen LogP contribution in [0.5, 0.6) is 0 Å². The van der Waals surface area contributed by atoms with Gasteiger partial charge in [-0.15, -0.1) is 5.92 Å². The fraction of sp³-hybridized carbons (Fsp3) is 0.824. The third kappa shape index (κ3) is 4.64. The molecular weight excluding hydrogens is 239 g/mol. The van der Waals surface area contributed by atoms with E-state index in [2.05, 4.69) is 11.8 Å². The van der Waals surface area contributed by atoms with Crippen molar-refractivity contribution >= 4 is 5.78 Å². The van der Waals surface area contributed by atoms with Crippen molar-refractivity contribution in [3.8, 4) is 11.8 Å². The van der Waals surface area contributed by atoms with Gasteiger partial charge >= 0.3 is 0 Å². The SMILES string of the molecule is O=C1CCC(C2CCC(CCC#CCF)CC2)CC1. The summed E-state index contributed by atoms with van der Waals surface area (Å²) >= 11 is 0. The molecule has 106 valence electrons.